The summed E-state index contributed by atoms with van der Waals surface area (Å²) in [6.45, 7) is 5.59. The lowest BCUT2D eigenvalue weighted by atomic mass is 10.0. The van der Waals surface area contributed by atoms with Gasteiger partial charge in [0.1, 0.15) is 11.6 Å². The summed E-state index contributed by atoms with van der Waals surface area (Å²) in [7, 11) is 3.09. The second-order valence-corrected chi connectivity index (χ2v) is 6.43. The molecule has 1 amide bonds. The number of rotatable bonds is 7. The average Bonchev–Trinajstić information content (AvgIpc) is 2.68. The van der Waals surface area contributed by atoms with Crippen LogP contribution in [0, 0.1) is 18.3 Å². The molecular weight excluding hydrogens is 376 g/mol. The highest BCUT2D eigenvalue weighted by atomic mass is 35.5. The maximum absolute atomic E-state index is 12.6. The molecule has 0 aliphatic rings. The quantitative estimate of drug-likeness (QED) is 0.408. The zero-order chi connectivity index (χ0) is 20.7. The third-order valence-electron chi connectivity index (χ3n) is 4.07. The van der Waals surface area contributed by atoms with Crippen LogP contribution in [-0.2, 0) is 11.2 Å². The summed E-state index contributed by atoms with van der Waals surface area (Å²) in [4.78, 5) is 12.6. The zero-order valence-corrected chi connectivity index (χ0v) is 16.8. The smallest absolute Gasteiger partial charge is 0.266 e. The maximum Gasteiger partial charge on any atom is 0.266 e. The molecule has 1 N–H and O–H groups in total. The summed E-state index contributed by atoms with van der Waals surface area (Å²) < 4.78 is 10.8. The minimum absolute atomic E-state index is 0.0452. The van der Waals surface area contributed by atoms with Crippen molar-refractivity contribution >= 4 is 29.3 Å². The van der Waals surface area contributed by atoms with E-state index in [1.807, 2.05) is 19.1 Å². The zero-order valence-electron chi connectivity index (χ0n) is 16.0. The molecule has 0 heterocycles. The number of allylic oxidation sites excluding steroid dienone is 1. The molecular formula is C22H21ClN2O3. The fourth-order valence-corrected chi connectivity index (χ4v) is 2.86. The van der Waals surface area contributed by atoms with E-state index in [2.05, 4.69) is 11.9 Å². The van der Waals surface area contributed by atoms with Crippen LogP contribution in [0.3, 0.4) is 0 Å². The Labute approximate surface area is 169 Å². The van der Waals surface area contributed by atoms with Crippen LogP contribution < -0.4 is 14.8 Å². The first-order valence-corrected chi connectivity index (χ1v) is 8.86. The van der Waals surface area contributed by atoms with E-state index in [1.165, 1.54) is 13.2 Å². The van der Waals surface area contributed by atoms with Crippen molar-refractivity contribution in [1.82, 2.24) is 0 Å². The van der Waals surface area contributed by atoms with E-state index < -0.39 is 5.91 Å². The molecule has 0 radical (unpaired) electrons. The fraction of sp³-hybridized carbons (Fsp3) is 0.182. The number of aryl methyl sites for hydroxylation is 1. The first-order valence-electron chi connectivity index (χ1n) is 8.48. The van der Waals surface area contributed by atoms with Gasteiger partial charge >= 0.3 is 0 Å². The van der Waals surface area contributed by atoms with Gasteiger partial charge in [0.2, 0.25) is 0 Å². The number of methoxy groups -OCH3 is 2. The molecule has 0 aliphatic heterocycles. The number of anilines is 1. The molecule has 28 heavy (non-hydrogen) atoms. The van der Waals surface area contributed by atoms with E-state index in [4.69, 9.17) is 21.1 Å². The van der Waals surface area contributed by atoms with Crippen molar-refractivity contribution in [3.8, 4) is 17.6 Å². The Morgan fingerprint density at radius 3 is 2.64 bits per heavy atom. The monoisotopic (exact) mass is 396 g/mol. The Bertz CT molecular complexity index is 974. The van der Waals surface area contributed by atoms with Crippen molar-refractivity contribution in [2.45, 2.75) is 13.3 Å². The summed E-state index contributed by atoms with van der Waals surface area (Å²) in [6, 6.07) is 10.7. The van der Waals surface area contributed by atoms with Gasteiger partial charge in [-0.05, 0) is 54.8 Å². The predicted octanol–water partition coefficient (Wildman–Crippen LogP) is 4.94. The van der Waals surface area contributed by atoms with Gasteiger partial charge in [-0.25, -0.2) is 0 Å². The summed E-state index contributed by atoms with van der Waals surface area (Å²) in [6.07, 6.45) is 3.80. The topological polar surface area (TPSA) is 71.4 Å². The Morgan fingerprint density at radius 1 is 1.29 bits per heavy atom. The molecule has 0 aliphatic carbocycles. The second-order valence-electron chi connectivity index (χ2n) is 5.99. The van der Waals surface area contributed by atoms with Crippen LogP contribution in [0.5, 0.6) is 11.5 Å². The minimum atomic E-state index is -0.520. The van der Waals surface area contributed by atoms with E-state index in [0.717, 1.165) is 11.1 Å². The summed E-state index contributed by atoms with van der Waals surface area (Å²) >= 11 is 5.99. The van der Waals surface area contributed by atoms with Gasteiger partial charge in [0.05, 0.1) is 14.2 Å². The Hall–Kier alpha value is -3.23. The number of carbonyl (C=O) groups is 1. The van der Waals surface area contributed by atoms with Crippen LogP contribution in [0.4, 0.5) is 5.69 Å². The average molecular weight is 397 g/mol. The molecule has 2 aromatic rings. The summed E-state index contributed by atoms with van der Waals surface area (Å²) in [5.41, 5.74) is 2.83. The van der Waals surface area contributed by atoms with Gasteiger partial charge in [-0.15, -0.1) is 6.58 Å². The first-order chi connectivity index (χ1) is 13.4. The molecule has 5 nitrogen and oxygen atoms in total. The molecule has 0 atom stereocenters. The number of carbonyl (C=O) groups excluding carboxylic acids is 1. The first kappa shape index (κ1) is 21.1. The molecule has 0 aromatic heterocycles. The van der Waals surface area contributed by atoms with Gasteiger partial charge in [0.15, 0.2) is 11.5 Å². The molecule has 0 unspecified atom stereocenters. The lowest BCUT2D eigenvalue weighted by molar-refractivity contribution is -0.112. The molecule has 0 saturated carbocycles. The van der Waals surface area contributed by atoms with Gasteiger partial charge in [-0.2, -0.15) is 5.26 Å². The van der Waals surface area contributed by atoms with Crippen molar-refractivity contribution in [2.75, 3.05) is 19.5 Å². The van der Waals surface area contributed by atoms with Gasteiger partial charge in [-0.1, -0.05) is 23.7 Å². The van der Waals surface area contributed by atoms with E-state index in [-0.39, 0.29) is 5.57 Å². The van der Waals surface area contributed by atoms with E-state index >= 15 is 0 Å². The number of ether oxygens (including phenoxy) is 2. The van der Waals surface area contributed by atoms with E-state index in [0.29, 0.717) is 34.2 Å². The van der Waals surface area contributed by atoms with Gasteiger partial charge < -0.3 is 14.8 Å². The van der Waals surface area contributed by atoms with Crippen molar-refractivity contribution in [3.05, 3.63) is 70.3 Å². The summed E-state index contributed by atoms with van der Waals surface area (Å²) in [5.74, 6) is 0.585. The number of nitrogens with zero attached hydrogens (tertiary/aromatic N) is 1. The van der Waals surface area contributed by atoms with E-state index in [1.54, 1.807) is 37.5 Å². The van der Waals surface area contributed by atoms with Crippen LogP contribution in [0.2, 0.25) is 5.02 Å². The number of amides is 1. The SMILES string of the molecule is C=CCc1cc(/C=C(\C#N)C(=O)Nc2cc(Cl)ccc2C)cc(OC)c1OC. The summed E-state index contributed by atoms with van der Waals surface area (Å²) in [5, 5.41) is 12.7. The molecule has 0 fully saturated rings. The van der Waals surface area contributed by atoms with Crippen LogP contribution >= 0.6 is 11.6 Å². The number of hydrogen-bond donors (Lipinski definition) is 1. The largest absolute Gasteiger partial charge is 0.493 e. The third kappa shape index (κ3) is 4.93. The Kier molecular flexibility index (Phi) is 7.25. The lowest BCUT2D eigenvalue weighted by Gasteiger charge is -2.13. The number of nitriles is 1. The van der Waals surface area contributed by atoms with E-state index in [9.17, 15) is 10.1 Å². The van der Waals surface area contributed by atoms with Crippen molar-refractivity contribution < 1.29 is 14.3 Å². The molecule has 2 aromatic carbocycles. The number of hydrogen-bond acceptors (Lipinski definition) is 4. The van der Waals surface area contributed by atoms with Crippen LogP contribution in [0.1, 0.15) is 16.7 Å². The molecule has 0 spiro atoms. The number of nitrogens with one attached hydrogen (secondary N) is 1. The molecule has 0 bridgehead atoms. The minimum Gasteiger partial charge on any atom is -0.493 e. The molecule has 144 valence electrons. The fourth-order valence-electron chi connectivity index (χ4n) is 2.69. The molecule has 2 rings (SSSR count). The Morgan fingerprint density at radius 2 is 2.04 bits per heavy atom. The number of benzene rings is 2. The van der Waals surface area contributed by atoms with Crippen LogP contribution in [-0.4, -0.2) is 20.1 Å². The van der Waals surface area contributed by atoms with Crippen LogP contribution in [0.15, 0.2) is 48.6 Å². The lowest BCUT2D eigenvalue weighted by Crippen LogP contribution is -2.14. The standard InChI is InChI=1S/C22H21ClN2O3/c1-5-6-16-9-15(11-20(27-3)21(16)28-4)10-17(13-24)22(26)25-19-12-18(23)8-7-14(19)2/h5,7-12H,1,6H2,2-4H3,(H,25,26)/b17-10+. The maximum atomic E-state index is 12.6. The van der Waals surface area contributed by atoms with Crippen molar-refractivity contribution in [1.29, 1.82) is 5.26 Å². The predicted molar refractivity (Wildman–Crippen MR) is 112 cm³/mol. The van der Waals surface area contributed by atoms with Gasteiger partial charge in [0.25, 0.3) is 5.91 Å². The highest BCUT2D eigenvalue weighted by Crippen LogP contribution is 2.34. The van der Waals surface area contributed by atoms with Crippen molar-refractivity contribution in [3.63, 3.8) is 0 Å². The molecule has 0 saturated heterocycles. The van der Waals surface area contributed by atoms with Gasteiger partial charge in [0, 0.05) is 16.3 Å². The number of halogens is 1. The van der Waals surface area contributed by atoms with Crippen LogP contribution in [0.25, 0.3) is 6.08 Å². The van der Waals surface area contributed by atoms with Crippen molar-refractivity contribution in [2.24, 2.45) is 0 Å². The highest BCUT2D eigenvalue weighted by Gasteiger charge is 2.14. The Balaban J connectivity index is 2.41. The second kappa shape index (κ2) is 9.63. The highest BCUT2D eigenvalue weighted by molar-refractivity contribution is 6.31. The van der Waals surface area contributed by atoms with Gasteiger partial charge in [-0.3, -0.25) is 4.79 Å². The normalized spacial score (nSPS) is 10.8. The third-order valence-corrected chi connectivity index (χ3v) is 4.30. The molecule has 6 heteroatoms.